The number of nitrogens with one attached hydrogen (secondary N) is 1. The van der Waals surface area contributed by atoms with Crippen molar-refractivity contribution >= 4 is 29.1 Å². The van der Waals surface area contributed by atoms with Crippen molar-refractivity contribution < 1.29 is 19.1 Å². The fourth-order valence-electron chi connectivity index (χ4n) is 2.77. The van der Waals surface area contributed by atoms with Crippen molar-refractivity contribution in [2.24, 2.45) is 11.1 Å². The Bertz CT molecular complexity index is 1130. The molecular formula is C24H26N4O4S. The molecule has 33 heavy (non-hydrogen) atoms. The molecule has 2 aromatic carbocycles. The number of aryl methyl sites for hydroxylation is 1. The first kappa shape index (κ1) is 24.1. The van der Waals surface area contributed by atoms with Gasteiger partial charge in [-0.05, 0) is 31.9 Å². The van der Waals surface area contributed by atoms with E-state index in [1.165, 1.54) is 11.3 Å². The summed E-state index contributed by atoms with van der Waals surface area (Å²) in [7, 11) is 0. The lowest BCUT2D eigenvalue weighted by Crippen LogP contribution is -2.24. The summed E-state index contributed by atoms with van der Waals surface area (Å²) in [5.74, 6) is -0.849. The van der Waals surface area contributed by atoms with Crippen molar-refractivity contribution in [2.75, 3.05) is 6.79 Å². The van der Waals surface area contributed by atoms with Crippen LogP contribution in [-0.4, -0.2) is 34.8 Å². The molecule has 0 radical (unpaired) electrons. The van der Waals surface area contributed by atoms with Crippen LogP contribution in [0.1, 0.15) is 37.8 Å². The summed E-state index contributed by atoms with van der Waals surface area (Å²) in [5, 5.41) is 17.3. The SMILES string of the molecule is CC(C)(C)C(=O)OCOC(=O)CCc1nnc(-c2ccc(-c3ccc(C(=N)N)cc3)cc2)s1. The van der Waals surface area contributed by atoms with Gasteiger partial charge in [0.15, 0.2) is 0 Å². The molecule has 0 aliphatic carbocycles. The zero-order valence-electron chi connectivity index (χ0n) is 18.8. The highest BCUT2D eigenvalue weighted by atomic mass is 32.1. The second kappa shape index (κ2) is 10.4. The number of hydrogen-bond acceptors (Lipinski definition) is 8. The molecule has 0 amide bonds. The lowest BCUT2D eigenvalue weighted by molar-refractivity contribution is -0.173. The van der Waals surface area contributed by atoms with Crippen LogP contribution in [0.4, 0.5) is 0 Å². The quantitative estimate of drug-likeness (QED) is 0.220. The van der Waals surface area contributed by atoms with Crippen molar-refractivity contribution in [1.82, 2.24) is 10.2 Å². The molecule has 0 saturated heterocycles. The molecule has 0 aliphatic rings. The number of nitrogens with two attached hydrogens (primary N) is 1. The van der Waals surface area contributed by atoms with Gasteiger partial charge in [0.2, 0.25) is 6.79 Å². The lowest BCUT2D eigenvalue weighted by Gasteiger charge is -2.16. The van der Waals surface area contributed by atoms with E-state index in [9.17, 15) is 9.59 Å². The van der Waals surface area contributed by atoms with Gasteiger partial charge >= 0.3 is 11.9 Å². The van der Waals surface area contributed by atoms with E-state index in [0.29, 0.717) is 12.0 Å². The second-order valence-corrected chi connectivity index (χ2v) is 9.45. The van der Waals surface area contributed by atoms with E-state index in [1.54, 1.807) is 20.8 Å². The monoisotopic (exact) mass is 466 g/mol. The number of amidine groups is 1. The zero-order valence-corrected chi connectivity index (χ0v) is 19.6. The molecule has 1 heterocycles. The van der Waals surface area contributed by atoms with Crippen molar-refractivity contribution in [3.05, 3.63) is 59.1 Å². The Hall–Kier alpha value is -3.59. The largest absolute Gasteiger partial charge is 0.428 e. The first-order chi connectivity index (χ1) is 15.6. The van der Waals surface area contributed by atoms with E-state index in [4.69, 9.17) is 20.6 Å². The predicted molar refractivity (Wildman–Crippen MR) is 127 cm³/mol. The van der Waals surface area contributed by atoms with E-state index in [2.05, 4.69) is 10.2 Å². The molecule has 3 rings (SSSR count). The van der Waals surface area contributed by atoms with Crippen molar-refractivity contribution in [3.63, 3.8) is 0 Å². The second-order valence-electron chi connectivity index (χ2n) is 8.39. The first-order valence-corrected chi connectivity index (χ1v) is 11.2. The molecule has 8 nitrogen and oxygen atoms in total. The van der Waals surface area contributed by atoms with Gasteiger partial charge in [-0.25, -0.2) is 0 Å². The number of hydrogen-bond donors (Lipinski definition) is 2. The van der Waals surface area contributed by atoms with Gasteiger partial charge in [-0.1, -0.05) is 59.9 Å². The molecule has 0 atom stereocenters. The Morgan fingerprint density at radius 3 is 2.09 bits per heavy atom. The van der Waals surface area contributed by atoms with E-state index in [0.717, 1.165) is 26.7 Å². The topological polar surface area (TPSA) is 128 Å². The van der Waals surface area contributed by atoms with Crippen LogP contribution < -0.4 is 5.73 Å². The Balaban J connectivity index is 1.52. The molecule has 0 unspecified atom stereocenters. The van der Waals surface area contributed by atoms with Gasteiger partial charge in [0.1, 0.15) is 15.9 Å². The molecule has 1 aromatic heterocycles. The number of carbonyl (C=O) groups excluding carboxylic acids is 2. The Morgan fingerprint density at radius 1 is 0.939 bits per heavy atom. The summed E-state index contributed by atoms with van der Waals surface area (Å²) in [6.07, 6.45) is 0.515. The van der Waals surface area contributed by atoms with Crippen LogP contribution in [0.2, 0.25) is 0 Å². The highest BCUT2D eigenvalue weighted by Crippen LogP contribution is 2.27. The third kappa shape index (κ3) is 6.69. The Labute approximate surface area is 196 Å². The van der Waals surface area contributed by atoms with Crippen LogP contribution >= 0.6 is 11.3 Å². The van der Waals surface area contributed by atoms with Crippen LogP contribution in [0.15, 0.2) is 48.5 Å². The van der Waals surface area contributed by atoms with Crippen molar-refractivity contribution in [2.45, 2.75) is 33.6 Å². The number of nitrogen functional groups attached to an aromatic ring is 1. The third-order valence-electron chi connectivity index (χ3n) is 4.69. The van der Waals surface area contributed by atoms with Gasteiger partial charge in [0.05, 0.1) is 11.8 Å². The van der Waals surface area contributed by atoms with Crippen LogP contribution in [0, 0.1) is 10.8 Å². The van der Waals surface area contributed by atoms with Gasteiger partial charge < -0.3 is 15.2 Å². The fourth-order valence-corrected chi connectivity index (χ4v) is 3.61. The maximum atomic E-state index is 11.9. The number of carbonyl (C=O) groups is 2. The number of nitrogens with zero attached hydrogens (tertiary/aromatic N) is 2. The first-order valence-electron chi connectivity index (χ1n) is 10.3. The lowest BCUT2D eigenvalue weighted by atomic mass is 9.98. The maximum Gasteiger partial charge on any atom is 0.314 e. The average molecular weight is 467 g/mol. The summed E-state index contributed by atoms with van der Waals surface area (Å²) in [4.78, 5) is 23.5. The smallest absolute Gasteiger partial charge is 0.314 e. The van der Waals surface area contributed by atoms with Crippen LogP contribution in [-0.2, 0) is 25.5 Å². The fraction of sp³-hybridized carbons (Fsp3) is 0.292. The third-order valence-corrected chi connectivity index (χ3v) is 5.73. The van der Waals surface area contributed by atoms with Gasteiger partial charge in [-0.3, -0.25) is 15.0 Å². The van der Waals surface area contributed by atoms with Crippen LogP contribution in [0.5, 0.6) is 0 Å². The number of esters is 2. The normalized spacial score (nSPS) is 11.1. The maximum absolute atomic E-state index is 11.9. The minimum absolute atomic E-state index is 0.0428. The van der Waals surface area contributed by atoms with E-state index < -0.39 is 17.4 Å². The Morgan fingerprint density at radius 2 is 1.52 bits per heavy atom. The average Bonchev–Trinajstić information content (AvgIpc) is 3.26. The van der Waals surface area contributed by atoms with E-state index in [1.807, 2.05) is 48.5 Å². The van der Waals surface area contributed by atoms with Crippen molar-refractivity contribution in [1.29, 1.82) is 5.41 Å². The molecule has 0 bridgehead atoms. The summed E-state index contributed by atoms with van der Waals surface area (Å²) in [6.45, 7) is 4.79. The summed E-state index contributed by atoms with van der Waals surface area (Å²) < 4.78 is 9.88. The molecule has 9 heteroatoms. The number of rotatable bonds is 8. The predicted octanol–water partition coefficient (Wildman–Crippen LogP) is 4.18. The zero-order chi connectivity index (χ0) is 24.0. The van der Waals surface area contributed by atoms with E-state index in [-0.39, 0.29) is 19.0 Å². The standard InChI is InChI=1S/C24H26N4O4S/c1-24(2,3)23(30)32-14-31-20(29)13-12-19-27-28-22(33-19)18-10-6-16(7-11-18)15-4-8-17(9-5-15)21(25)26/h4-11H,12-14H2,1-3H3,(H3,25,26). The number of ether oxygens (including phenoxy) is 2. The minimum atomic E-state index is -0.645. The molecule has 3 N–H and O–H groups in total. The molecule has 0 spiro atoms. The number of benzene rings is 2. The van der Waals surface area contributed by atoms with Gasteiger partial charge in [-0.2, -0.15) is 0 Å². The van der Waals surface area contributed by atoms with Crippen molar-refractivity contribution in [3.8, 4) is 21.7 Å². The highest BCUT2D eigenvalue weighted by Gasteiger charge is 2.23. The molecule has 0 aliphatic heterocycles. The van der Waals surface area contributed by atoms with Crippen LogP contribution in [0.3, 0.4) is 0 Å². The van der Waals surface area contributed by atoms with Crippen LogP contribution in [0.25, 0.3) is 21.7 Å². The summed E-state index contributed by atoms with van der Waals surface area (Å²) in [5.41, 5.74) is 8.53. The van der Waals surface area contributed by atoms with Gasteiger partial charge in [0, 0.05) is 17.5 Å². The van der Waals surface area contributed by atoms with E-state index >= 15 is 0 Å². The minimum Gasteiger partial charge on any atom is -0.428 e. The summed E-state index contributed by atoms with van der Waals surface area (Å²) in [6, 6.07) is 15.4. The molecule has 3 aromatic rings. The molecule has 0 fully saturated rings. The number of aromatic nitrogens is 2. The summed E-state index contributed by atoms with van der Waals surface area (Å²) >= 11 is 1.41. The highest BCUT2D eigenvalue weighted by molar-refractivity contribution is 7.14. The Kier molecular flexibility index (Phi) is 7.55. The molecule has 172 valence electrons. The molecular weight excluding hydrogens is 440 g/mol. The van der Waals surface area contributed by atoms with Gasteiger partial charge in [0.25, 0.3) is 0 Å². The molecule has 0 saturated carbocycles. The van der Waals surface area contributed by atoms with Gasteiger partial charge in [-0.15, -0.1) is 10.2 Å².